The number of halogens is 2. The van der Waals surface area contributed by atoms with Gasteiger partial charge < -0.3 is 0 Å². The Kier molecular flexibility index (Phi) is 3.92. The highest BCUT2D eigenvalue weighted by molar-refractivity contribution is 9.10. The van der Waals surface area contributed by atoms with Crippen molar-refractivity contribution in [2.24, 2.45) is 23.6 Å². The second kappa shape index (κ2) is 5.51. The molecule has 2 saturated carbocycles. The maximum atomic E-state index is 13.9. The zero-order chi connectivity index (χ0) is 13.4. The molecule has 4 atom stereocenters. The molecule has 4 heteroatoms. The molecule has 0 heterocycles. The monoisotopic (exact) mass is 326 g/mol. The molecule has 0 spiro atoms. The van der Waals surface area contributed by atoms with E-state index in [-0.39, 0.29) is 11.9 Å². The van der Waals surface area contributed by atoms with Gasteiger partial charge in [0.05, 0.1) is 0 Å². The molecule has 0 radical (unpaired) electrons. The Morgan fingerprint density at radius 2 is 2.21 bits per heavy atom. The Bertz CT molecular complexity index is 465. The molecular formula is C15H20BrFN2. The van der Waals surface area contributed by atoms with Gasteiger partial charge in [0.25, 0.3) is 0 Å². The van der Waals surface area contributed by atoms with Crippen molar-refractivity contribution in [1.29, 1.82) is 0 Å². The molecule has 1 aromatic rings. The topological polar surface area (TPSA) is 38.0 Å². The van der Waals surface area contributed by atoms with Crippen LogP contribution in [0.4, 0.5) is 4.39 Å². The normalized spacial score (nSPS) is 30.8. The molecule has 3 rings (SSSR count). The highest BCUT2D eigenvalue weighted by Crippen LogP contribution is 2.49. The van der Waals surface area contributed by atoms with E-state index in [1.165, 1.54) is 31.7 Å². The summed E-state index contributed by atoms with van der Waals surface area (Å²) in [7, 11) is 0. The molecular weight excluding hydrogens is 307 g/mol. The Morgan fingerprint density at radius 3 is 2.84 bits per heavy atom. The fraction of sp³-hybridized carbons (Fsp3) is 0.600. The van der Waals surface area contributed by atoms with Gasteiger partial charge in [-0.3, -0.25) is 11.3 Å². The van der Waals surface area contributed by atoms with Crippen LogP contribution in [0.3, 0.4) is 0 Å². The van der Waals surface area contributed by atoms with E-state index in [1.807, 2.05) is 6.07 Å². The molecule has 19 heavy (non-hydrogen) atoms. The first kappa shape index (κ1) is 13.5. The molecule has 2 bridgehead atoms. The minimum atomic E-state index is -0.133. The van der Waals surface area contributed by atoms with Crippen molar-refractivity contribution in [2.45, 2.75) is 38.1 Å². The number of benzene rings is 1. The molecule has 1 aromatic carbocycles. The summed E-state index contributed by atoms with van der Waals surface area (Å²) in [6.07, 6.45) is 5.99. The lowest BCUT2D eigenvalue weighted by molar-refractivity contribution is 0.247. The van der Waals surface area contributed by atoms with E-state index < -0.39 is 0 Å². The molecule has 3 N–H and O–H groups in total. The third-order valence-corrected chi connectivity index (χ3v) is 5.46. The van der Waals surface area contributed by atoms with E-state index in [4.69, 9.17) is 5.84 Å². The van der Waals surface area contributed by atoms with Crippen LogP contribution >= 0.6 is 15.9 Å². The minimum absolute atomic E-state index is 0.133. The largest absolute Gasteiger partial charge is 0.271 e. The highest BCUT2D eigenvalue weighted by Gasteiger charge is 2.42. The van der Waals surface area contributed by atoms with E-state index in [9.17, 15) is 4.39 Å². The van der Waals surface area contributed by atoms with Crippen LogP contribution in [0.15, 0.2) is 22.7 Å². The van der Waals surface area contributed by atoms with Crippen molar-refractivity contribution in [1.82, 2.24) is 5.43 Å². The van der Waals surface area contributed by atoms with Gasteiger partial charge in [0.1, 0.15) is 5.82 Å². The Labute approximate surface area is 122 Å². The molecule has 4 unspecified atom stereocenters. The van der Waals surface area contributed by atoms with Crippen molar-refractivity contribution < 1.29 is 4.39 Å². The van der Waals surface area contributed by atoms with E-state index in [0.717, 1.165) is 21.9 Å². The van der Waals surface area contributed by atoms with E-state index in [2.05, 4.69) is 21.4 Å². The summed E-state index contributed by atoms with van der Waals surface area (Å²) in [6, 6.07) is 5.32. The first-order chi connectivity index (χ1) is 9.17. The summed E-state index contributed by atoms with van der Waals surface area (Å²) in [5.74, 6) is 7.90. The number of nitrogens with two attached hydrogens (primary N) is 1. The Balaban J connectivity index is 1.74. The zero-order valence-corrected chi connectivity index (χ0v) is 12.5. The van der Waals surface area contributed by atoms with Crippen molar-refractivity contribution in [3.63, 3.8) is 0 Å². The summed E-state index contributed by atoms with van der Waals surface area (Å²) >= 11 is 3.41. The Morgan fingerprint density at radius 1 is 1.37 bits per heavy atom. The first-order valence-corrected chi connectivity index (χ1v) is 7.86. The molecule has 2 aliphatic carbocycles. The average Bonchev–Trinajstić information content (AvgIpc) is 3.02. The highest BCUT2D eigenvalue weighted by atomic mass is 79.9. The van der Waals surface area contributed by atoms with Crippen LogP contribution in [-0.2, 0) is 6.42 Å². The summed E-state index contributed by atoms with van der Waals surface area (Å²) in [4.78, 5) is 0. The van der Waals surface area contributed by atoms with Gasteiger partial charge in [-0.15, -0.1) is 0 Å². The van der Waals surface area contributed by atoms with Crippen LogP contribution in [0.2, 0.25) is 0 Å². The van der Waals surface area contributed by atoms with Gasteiger partial charge in [0.2, 0.25) is 0 Å². The van der Waals surface area contributed by atoms with Crippen LogP contribution in [0.1, 0.15) is 31.2 Å². The molecule has 0 aromatic heterocycles. The van der Waals surface area contributed by atoms with Crippen molar-refractivity contribution in [3.05, 3.63) is 34.1 Å². The lowest BCUT2D eigenvalue weighted by Gasteiger charge is -2.30. The lowest BCUT2D eigenvalue weighted by Crippen LogP contribution is -2.44. The van der Waals surface area contributed by atoms with Crippen molar-refractivity contribution >= 4 is 15.9 Å². The second-order valence-corrected chi connectivity index (χ2v) is 6.97. The maximum Gasteiger partial charge on any atom is 0.126 e. The van der Waals surface area contributed by atoms with Crippen LogP contribution < -0.4 is 11.3 Å². The summed E-state index contributed by atoms with van der Waals surface area (Å²) in [5.41, 5.74) is 3.69. The van der Waals surface area contributed by atoms with Crippen molar-refractivity contribution in [2.75, 3.05) is 0 Å². The van der Waals surface area contributed by atoms with Gasteiger partial charge in [-0.25, -0.2) is 4.39 Å². The van der Waals surface area contributed by atoms with Crippen LogP contribution in [0.25, 0.3) is 0 Å². The number of hydrazine groups is 1. The van der Waals surface area contributed by atoms with Gasteiger partial charge in [-0.05, 0) is 67.2 Å². The van der Waals surface area contributed by atoms with Crippen LogP contribution in [0, 0.1) is 23.6 Å². The summed E-state index contributed by atoms with van der Waals surface area (Å²) in [5, 5.41) is 0. The zero-order valence-electron chi connectivity index (χ0n) is 10.9. The first-order valence-electron chi connectivity index (χ1n) is 7.07. The number of fused-ring (bicyclic) bond motifs is 2. The molecule has 2 fully saturated rings. The minimum Gasteiger partial charge on any atom is -0.271 e. The summed E-state index contributed by atoms with van der Waals surface area (Å²) < 4.78 is 14.8. The van der Waals surface area contributed by atoms with E-state index >= 15 is 0 Å². The number of hydrogen-bond acceptors (Lipinski definition) is 2. The molecule has 0 saturated heterocycles. The second-order valence-electron chi connectivity index (χ2n) is 6.05. The number of hydrogen-bond donors (Lipinski definition) is 2. The van der Waals surface area contributed by atoms with Gasteiger partial charge in [0, 0.05) is 10.5 Å². The Hall–Kier alpha value is -0.450. The lowest BCUT2D eigenvalue weighted by atomic mass is 9.81. The SMILES string of the molecule is NNC(Cc1cc(Br)ccc1F)C1CC2CCC1C2. The number of nitrogens with one attached hydrogen (secondary N) is 1. The molecule has 0 aliphatic heterocycles. The molecule has 2 nitrogen and oxygen atoms in total. The predicted molar refractivity (Wildman–Crippen MR) is 77.9 cm³/mol. The van der Waals surface area contributed by atoms with Gasteiger partial charge in [-0.2, -0.15) is 0 Å². The van der Waals surface area contributed by atoms with Crippen LogP contribution in [0.5, 0.6) is 0 Å². The van der Waals surface area contributed by atoms with E-state index in [1.54, 1.807) is 6.07 Å². The quantitative estimate of drug-likeness (QED) is 0.657. The molecule has 2 aliphatic rings. The van der Waals surface area contributed by atoms with Crippen molar-refractivity contribution in [3.8, 4) is 0 Å². The molecule has 0 amide bonds. The number of rotatable bonds is 4. The predicted octanol–water partition coefficient (Wildman–Crippen LogP) is 3.40. The van der Waals surface area contributed by atoms with Crippen LogP contribution in [-0.4, -0.2) is 6.04 Å². The fourth-order valence-corrected chi connectivity index (χ4v) is 4.47. The average molecular weight is 327 g/mol. The third-order valence-electron chi connectivity index (χ3n) is 4.97. The van der Waals surface area contributed by atoms with E-state index in [0.29, 0.717) is 12.3 Å². The fourth-order valence-electron chi connectivity index (χ4n) is 4.06. The van der Waals surface area contributed by atoms with Gasteiger partial charge in [-0.1, -0.05) is 22.4 Å². The molecule has 104 valence electrons. The summed E-state index contributed by atoms with van der Waals surface area (Å²) in [6.45, 7) is 0. The third kappa shape index (κ3) is 2.71. The van der Waals surface area contributed by atoms with Gasteiger partial charge in [0.15, 0.2) is 0 Å². The smallest absolute Gasteiger partial charge is 0.126 e. The standard InChI is InChI=1S/C15H20BrFN2/c16-12-3-4-14(17)11(7-12)8-15(19-18)13-6-9-1-2-10(13)5-9/h3-4,7,9-10,13,15,19H,1-2,5-6,8,18H2. The maximum absolute atomic E-state index is 13.9. The van der Waals surface area contributed by atoms with Gasteiger partial charge >= 0.3 is 0 Å².